The van der Waals surface area contributed by atoms with Gasteiger partial charge in [-0.3, -0.25) is 0 Å². The Bertz CT molecular complexity index is 611. The molecule has 0 amide bonds. The Morgan fingerprint density at radius 3 is 2.50 bits per heavy atom. The second kappa shape index (κ2) is 7.29. The summed E-state index contributed by atoms with van der Waals surface area (Å²) in [5.74, 6) is 0.563. The van der Waals surface area contributed by atoms with Crippen LogP contribution in [-0.4, -0.2) is 53.5 Å². The van der Waals surface area contributed by atoms with Gasteiger partial charge in [-0.15, -0.1) is 0 Å². The van der Waals surface area contributed by atoms with Crippen LogP contribution in [-0.2, 0) is 10.0 Å². The van der Waals surface area contributed by atoms with Crippen molar-refractivity contribution in [1.29, 1.82) is 0 Å². The maximum atomic E-state index is 12.9. The number of nitrogens with one attached hydrogen (secondary N) is 1. The summed E-state index contributed by atoms with van der Waals surface area (Å²) in [6.07, 6.45) is 1.82. The summed E-state index contributed by atoms with van der Waals surface area (Å²) in [6.45, 7) is 2.13. The van der Waals surface area contributed by atoms with Gasteiger partial charge in [-0.05, 0) is 66.5 Å². The molecule has 5 nitrogen and oxygen atoms in total. The van der Waals surface area contributed by atoms with Gasteiger partial charge in [0, 0.05) is 37.3 Å². The SMILES string of the molecule is CNCC1CCN(S(=O)(=O)c2cc(N(C)C)ccc2Br)CC1. The minimum absolute atomic E-state index is 0.353. The van der Waals surface area contributed by atoms with Gasteiger partial charge >= 0.3 is 0 Å². The van der Waals surface area contributed by atoms with Gasteiger partial charge in [-0.1, -0.05) is 0 Å². The van der Waals surface area contributed by atoms with Crippen molar-refractivity contribution in [2.45, 2.75) is 17.7 Å². The first kappa shape index (κ1) is 17.7. The molecule has 0 spiro atoms. The Labute approximate surface area is 141 Å². The van der Waals surface area contributed by atoms with E-state index in [0.29, 0.717) is 28.4 Å². The number of piperidine rings is 1. The topological polar surface area (TPSA) is 52.7 Å². The maximum Gasteiger partial charge on any atom is 0.244 e. The molecular formula is C15H24BrN3O2S. The van der Waals surface area contributed by atoms with Crippen LogP contribution in [0.4, 0.5) is 5.69 Å². The molecule has 1 aromatic rings. The molecule has 1 heterocycles. The molecule has 124 valence electrons. The van der Waals surface area contributed by atoms with Crippen molar-refractivity contribution in [2.75, 3.05) is 45.7 Å². The highest BCUT2D eigenvalue weighted by atomic mass is 79.9. The Morgan fingerprint density at radius 2 is 1.95 bits per heavy atom. The minimum Gasteiger partial charge on any atom is -0.378 e. The zero-order valence-corrected chi connectivity index (χ0v) is 15.7. The summed E-state index contributed by atoms with van der Waals surface area (Å²) in [5.41, 5.74) is 0.881. The van der Waals surface area contributed by atoms with Gasteiger partial charge < -0.3 is 10.2 Å². The normalized spacial score (nSPS) is 17.6. The van der Waals surface area contributed by atoms with E-state index >= 15 is 0 Å². The van der Waals surface area contributed by atoms with Gasteiger partial charge in [0.2, 0.25) is 10.0 Å². The van der Waals surface area contributed by atoms with Crippen LogP contribution in [0.25, 0.3) is 0 Å². The number of nitrogens with zero attached hydrogens (tertiary/aromatic N) is 2. The van der Waals surface area contributed by atoms with E-state index in [9.17, 15) is 8.42 Å². The summed E-state index contributed by atoms with van der Waals surface area (Å²) in [5, 5.41) is 3.17. The number of anilines is 1. The monoisotopic (exact) mass is 389 g/mol. The highest BCUT2D eigenvalue weighted by Crippen LogP contribution is 2.31. The van der Waals surface area contributed by atoms with Crippen LogP contribution in [0.5, 0.6) is 0 Å². The Morgan fingerprint density at radius 1 is 1.32 bits per heavy atom. The molecule has 0 unspecified atom stereocenters. The standard InChI is InChI=1S/C15H24BrN3O2S/c1-17-11-12-6-8-19(9-7-12)22(20,21)15-10-13(18(2)3)4-5-14(15)16/h4-5,10,12,17H,6-9,11H2,1-3H3. The lowest BCUT2D eigenvalue weighted by Gasteiger charge is -2.31. The lowest BCUT2D eigenvalue weighted by Crippen LogP contribution is -2.40. The lowest BCUT2D eigenvalue weighted by molar-refractivity contribution is 0.270. The Balaban J connectivity index is 2.22. The highest BCUT2D eigenvalue weighted by Gasteiger charge is 2.30. The van der Waals surface area contributed by atoms with E-state index < -0.39 is 10.0 Å². The summed E-state index contributed by atoms with van der Waals surface area (Å²) in [4.78, 5) is 2.26. The molecule has 0 bridgehead atoms. The van der Waals surface area contributed by atoms with E-state index in [-0.39, 0.29) is 0 Å². The second-order valence-electron chi connectivity index (χ2n) is 5.91. The molecule has 0 radical (unpaired) electrons. The fourth-order valence-electron chi connectivity index (χ4n) is 2.75. The van der Waals surface area contributed by atoms with E-state index in [2.05, 4.69) is 21.2 Å². The van der Waals surface area contributed by atoms with Gasteiger partial charge in [0.1, 0.15) is 0 Å². The average molecular weight is 390 g/mol. The molecule has 0 saturated carbocycles. The van der Waals surface area contributed by atoms with Crippen molar-refractivity contribution in [3.05, 3.63) is 22.7 Å². The summed E-state index contributed by atoms with van der Waals surface area (Å²) < 4.78 is 28.0. The maximum absolute atomic E-state index is 12.9. The zero-order chi connectivity index (χ0) is 16.3. The van der Waals surface area contributed by atoms with Gasteiger partial charge in [-0.2, -0.15) is 4.31 Å². The molecule has 2 rings (SSSR count). The molecule has 22 heavy (non-hydrogen) atoms. The van der Waals surface area contributed by atoms with Crippen LogP contribution < -0.4 is 10.2 Å². The third kappa shape index (κ3) is 3.82. The summed E-state index contributed by atoms with van der Waals surface area (Å²) >= 11 is 3.38. The average Bonchev–Trinajstić information content (AvgIpc) is 2.48. The van der Waals surface area contributed by atoms with E-state index in [1.807, 2.05) is 32.1 Å². The molecule has 7 heteroatoms. The number of rotatable bonds is 5. The van der Waals surface area contributed by atoms with E-state index in [4.69, 9.17) is 0 Å². The van der Waals surface area contributed by atoms with Crippen LogP contribution in [0.2, 0.25) is 0 Å². The van der Waals surface area contributed by atoms with Crippen LogP contribution in [0, 0.1) is 5.92 Å². The number of hydrogen-bond acceptors (Lipinski definition) is 4. The fourth-order valence-corrected chi connectivity index (χ4v) is 5.16. The number of hydrogen-bond donors (Lipinski definition) is 1. The van der Waals surface area contributed by atoms with Crippen molar-refractivity contribution in [3.63, 3.8) is 0 Å². The van der Waals surface area contributed by atoms with Crippen molar-refractivity contribution in [2.24, 2.45) is 5.92 Å². The molecule has 1 aromatic carbocycles. The fraction of sp³-hybridized carbons (Fsp3) is 0.600. The molecule has 0 aliphatic carbocycles. The third-order valence-electron chi connectivity index (χ3n) is 4.12. The van der Waals surface area contributed by atoms with Crippen LogP contribution in [0.1, 0.15) is 12.8 Å². The van der Waals surface area contributed by atoms with Gasteiger partial charge in [-0.25, -0.2) is 8.42 Å². The molecule has 1 saturated heterocycles. The minimum atomic E-state index is -3.45. The summed E-state index contributed by atoms with van der Waals surface area (Å²) in [6, 6.07) is 5.44. The molecule has 1 N–H and O–H groups in total. The van der Waals surface area contributed by atoms with E-state index in [0.717, 1.165) is 25.1 Å². The molecule has 1 aliphatic rings. The van der Waals surface area contributed by atoms with Gasteiger partial charge in [0.15, 0.2) is 0 Å². The predicted octanol–water partition coefficient (Wildman–Crippen LogP) is 2.14. The van der Waals surface area contributed by atoms with Gasteiger partial charge in [0.25, 0.3) is 0 Å². The predicted molar refractivity (Wildman–Crippen MR) is 93.9 cm³/mol. The van der Waals surface area contributed by atoms with Gasteiger partial charge in [0.05, 0.1) is 4.90 Å². The molecule has 0 aromatic heterocycles. The second-order valence-corrected chi connectivity index (χ2v) is 8.67. The first-order chi connectivity index (χ1) is 10.4. The van der Waals surface area contributed by atoms with E-state index in [1.165, 1.54) is 0 Å². The Kier molecular flexibility index (Phi) is 5.87. The third-order valence-corrected chi connectivity index (χ3v) is 7.01. The van der Waals surface area contributed by atoms with Crippen molar-refractivity contribution in [3.8, 4) is 0 Å². The van der Waals surface area contributed by atoms with Crippen LogP contribution in [0.3, 0.4) is 0 Å². The smallest absolute Gasteiger partial charge is 0.244 e. The first-order valence-corrected chi connectivity index (χ1v) is 9.71. The zero-order valence-electron chi connectivity index (χ0n) is 13.3. The molecular weight excluding hydrogens is 366 g/mol. The first-order valence-electron chi connectivity index (χ1n) is 7.48. The molecule has 0 atom stereocenters. The van der Waals surface area contributed by atoms with E-state index in [1.54, 1.807) is 16.4 Å². The van der Waals surface area contributed by atoms with Crippen molar-refractivity contribution in [1.82, 2.24) is 9.62 Å². The largest absolute Gasteiger partial charge is 0.378 e. The van der Waals surface area contributed by atoms with Crippen LogP contribution in [0.15, 0.2) is 27.6 Å². The molecule has 1 fully saturated rings. The highest BCUT2D eigenvalue weighted by molar-refractivity contribution is 9.10. The number of halogens is 1. The quantitative estimate of drug-likeness (QED) is 0.837. The molecule has 1 aliphatic heterocycles. The van der Waals surface area contributed by atoms with Crippen molar-refractivity contribution < 1.29 is 8.42 Å². The van der Waals surface area contributed by atoms with Crippen LogP contribution >= 0.6 is 15.9 Å². The lowest BCUT2D eigenvalue weighted by atomic mass is 9.98. The van der Waals surface area contributed by atoms with Crippen molar-refractivity contribution >= 4 is 31.6 Å². The summed E-state index contributed by atoms with van der Waals surface area (Å²) in [7, 11) is 2.30. The number of sulfonamides is 1. The Hall–Kier alpha value is -0.630. The number of benzene rings is 1.